The molecule has 3 aromatic heterocycles. The van der Waals surface area contributed by atoms with E-state index in [0.29, 0.717) is 37.7 Å². The zero-order valence-electron chi connectivity index (χ0n) is 23.0. The van der Waals surface area contributed by atoms with Crippen molar-refractivity contribution < 1.29 is 22.5 Å². The Balaban J connectivity index is 0.00000368. The molecule has 0 aliphatic carbocycles. The normalized spacial score (nSPS) is 19.3. The van der Waals surface area contributed by atoms with Gasteiger partial charge in [0.15, 0.2) is 12.2 Å². The number of hydrogen-bond donors (Lipinski definition) is 3. The number of rotatable bonds is 7. The Morgan fingerprint density at radius 2 is 1.98 bits per heavy atom. The minimum Gasteiger partial charge on any atom is -0.366 e. The number of piperazine rings is 1. The molecule has 2 aliphatic heterocycles. The molecule has 9 nitrogen and oxygen atoms in total. The van der Waals surface area contributed by atoms with Crippen LogP contribution < -0.4 is 20.5 Å². The van der Waals surface area contributed by atoms with Crippen LogP contribution in [0.15, 0.2) is 49.1 Å². The van der Waals surface area contributed by atoms with Crippen molar-refractivity contribution in [3.8, 4) is 0 Å². The molecule has 15 heteroatoms. The topological polar surface area (TPSA) is 99.1 Å². The molecule has 4 aromatic rings. The zero-order chi connectivity index (χ0) is 29.6. The Morgan fingerprint density at radius 1 is 1.16 bits per heavy atom. The number of primary amides is 1. The number of carbonyl (C=O) groups excluding carboxylic acids is 1. The smallest absolute Gasteiger partial charge is 0.366 e. The highest BCUT2D eigenvalue weighted by molar-refractivity contribution is 6.31. The number of anilines is 1. The number of benzene rings is 1. The summed E-state index contributed by atoms with van der Waals surface area (Å²) in [4.78, 5) is 23.3. The SMILES string of the molecule is Cl.NC(=O)C[n+]1ccn(CC2c3[nH]c4ccc(Cl)cc4c3CCN2CC2CNCCN2c2ccc(Cl)c(C(F)(F)F)n2)c1. The molecule has 230 valence electrons. The number of alkyl halides is 3. The first-order valence-electron chi connectivity index (χ1n) is 13.6. The van der Waals surface area contributed by atoms with Crippen LogP contribution in [0.4, 0.5) is 19.0 Å². The first-order chi connectivity index (χ1) is 20.1. The molecule has 1 amide bonds. The van der Waals surface area contributed by atoms with Gasteiger partial charge in [0.25, 0.3) is 5.91 Å². The molecule has 1 aromatic carbocycles. The minimum absolute atomic E-state index is 0. The van der Waals surface area contributed by atoms with E-state index >= 15 is 0 Å². The number of halogens is 6. The average molecular weight is 659 g/mol. The van der Waals surface area contributed by atoms with Crippen LogP contribution >= 0.6 is 35.6 Å². The summed E-state index contributed by atoms with van der Waals surface area (Å²) in [6.07, 6.45) is 1.70. The van der Waals surface area contributed by atoms with E-state index < -0.39 is 22.8 Å². The first-order valence-corrected chi connectivity index (χ1v) is 14.4. The third-order valence-electron chi connectivity index (χ3n) is 7.98. The Kier molecular flexibility index (Phi) is 9.15. The van der Waals surface area contributed by atoms with E-state index in [1.807, 2.05) is 40.2 Å². The number of imidazole rings is 1. The Hall–Kier alpha value is -3.03. The van der Waals surface area contributed by atoms with Gasteiger partial charge in [-0.05, 0) is 42.3 Å². The lowest BCUT2D eigenvalue weighted by Crippen LogP contribution is -2.57. The predicted octanol–water partition coefficient (Wildman–Crippen LogP) is 3.96. The van der Waals surface area contributed by atoms with Gasteiger partial charge >= 0.3 is 6.18 Å². The van der Waals surface area contributed by atoms with Gasteiger partial charge in [0.05, 0.1) is 17.1 Å². The van der Waals surface area contributed by atoms with Gasteiger partial charge in [-0.25, -0.2) is 14.1 Å². The molecule has 0 bridgehead atoms. The number of aromatic nitrogens is 4. The van der Waals surface area contributed by atoms with Gasteiger partial charge in [-0.1, -0.05) is 23.2 Å². The van der Waals surface area contributed by atoms with Gasteiger partial charge < -0.3 is 20.9 Å². The molecular weight excluding hydrogens is 628 g/mol. The Morgan fingerprint density at radius 3 is 2.74 bits per heavy atom. The molecule has 2 unspecified atom stereocenters. The van der Waals surface area contributed by atoms with Crippen LogP contribution in [0.5, 0.6) is 0 Å². The van der Waals surface area contributed by atoms with Crippen molar-refractivity contribution in [1.29, 1.82) is 0 Å². The fraction of sp³-hybridized carbons (Fsp3) is 0.393. The molecule has 0 spiro atoms. The van der Waals surface area contributed by atoms with E-state index in [9.17, 15) is 18.0 Å². The van der Waals surface area contributed by atoms with Crippen molar-refractivity contribution in [1.82, 2.24) is 24.8 Å². The largest absolute Gasteiger partial charge is 0.434 e. The second-order valence-electron chi connectivity index (χ2n) is 10.8. The summed E-state index contributed by atoms with van der Waals surface area (Å²) in [5.74, 6) is -0.174. The maximum atomic E-state index is 13.6. The molecule has 2 aliphatic rings. The number of nitrogens with zero attached hydrogens (tertiary/aromatic N) is 5. The van der Waals surface area contributed by atoms with Gasteiger partial charge in [0.2, 0.25) is 6.33 Å². The zero-order valence-corrected chi connectivity index (χ0v) is 25.3. The van der Waals surface area contributed by atoms with Crippen molar-refractivity contribution >= 4 is 58.2 Å². The molecule has 4 N–H and O–H groups in total. The van der Waals surface area contributed by atoms with E-state index in [1.54, 1.807) is 16.8 Å². The number of H-pyrrole nitrogens is 1. The van der Waals surface area contributed by atoms with Gasteiger partial charge in [0.1, 0.15) is 24.8 Å². The molecule has 0 saturated carbocycles. The van der Waals surface area contributed by atoms with Crippen LogP contribution in [-0.2, 0) is 30.5 Å². The minimum atomic E-state index is -4.65. The number of carbonyl (C=O) groups is 1. The molecule has 6 rings (SSSR count). The maximum absolute atomic E-state index is 13.6. The van der Waals surface area contributed by atoms with E-state index in [0.717, 1.165) is 29.6 Å². The third kappa shape index (κ3) is 6.58. The summed E-state index contributed by atoms with van der Waals surface area (Å²) in [5.41, 5.74) is 7.59. The number of amides is 1. The number of aromatic amines is 1. The Bertz CT molecular complexity index is 1620. The van der Waals surface area contributed by atoms with Crippen molar-refractivity contribution in [3.63, 3.8) is 0 Å². The Labute approximate surface area is 262 Å². The fourth-order valence-corrected chi connectivity index (χ4v) is 6.51. The maximum Gasteiger partial charge on any atom is 0.434 e. The first kappa shape index (κ1) is 31.4. The highest BCUT2D eigenvalue weighted by Gasteiger charge is 2.38. The number of hydrogen-bond acceptors (Lipinski definition) is 5. The van der Waals surface area contributed by atoms with Crippen LogP contribution in [0.25, 0.3) is 10.9 Å². The van der Waals surface area contributed by atoms with Crippen LogP contribution in [0, 0.1) is 0 Å². The van der Waals surface area contributed by atoms with Crippen molar-refractivity contribution in [2.45, 2.75) is 37.8 Å². The second kappa shape index (κ2) is 12.5. The number of nitrogens with two attached hydrogens (primary N) is 1. The molecule has 2 atom stereocenters. The second-order valence-corrected chi connectivity index (χ2v) is 11.6. The molecule has 5 heterocycles. The van der Waals surface area contributed by atoms with Crippen molar-refractivity contribution in [2.24, 2.45) is 5.73 Å². The van der Waals surface area contributed by atoms with Gasteiger partial charge in [-0.2, -0.15) is 13.2 Å². The van der Waals surface area contributed by atoms with Crippen LogP contribution in [-0.4, -0.2) is 64.1 Å². The quantitative estimate of drug-likeness (QED) is 0.261. The summed E-state index contributed by atoms with van der Waals surface area (Å²) in [6.45, 7) is 3.71. The predicted molar refractivity (Wildman–Crippen MR) is 161 cm³/mol. The highest BCUT2D eigenvalue weighted by Crippen LogP contribution is 2.38. The van der Waals surface area contributed by atoms with E-state index in [1.165, 1.54) is 11.6 Å². The standard InChI is InChI=1S/C28H29Cl2F3N8O.ClH/c29-17-1-3-22-20(11-17)19-5-7-40(23(26(19)36-22)14-38-9-10-39(16-38)15-24(34)42)13-18-12-35-6-8-41(18)25-4-2-21(30)27(37-25)28(31,32)33;/h1-4,9-11,16,18,23,35-36H,5-8,12-15H2,(H-,34,42);1H/p+1. The lowest BCUT2D eigenvalue weighted by molar-refractivity contribution is -0.683. The summed E-state index contributed by atoms with van der Waals surface area (Å²) in [6, 6.07) is 8.42. The molecule has 43 heavy (non-hydrogen) atoms. The van der Waals surface area contributed by atoms with Crippen molar-refractivity contribution in [3.05, 3.63) is 76.0 Å². The molecule has 1 fully saturated rings. The molecular formula is C28H31Cl3F3N8O+. The molecule has 0 radical (unpaired) electrons. The third-order valence-corrected chi connectivity index (χ3v) is 8.52. The summed E-state index contributed by atoms with van der Waals surface area (Å²) in [7, 11) is 0. The van der Waals surface area contributed by atoms with Crippen LogP contribution in [0.2, 0.25) is 10.0 Å². The van der Waals surface area contributed by atoms with Gasteiger partial charge in [0, 0.05) is 54.3 Å². The number of fused-ring (bicyclic) bond motifs is 3. The lowest BCUT2D eigenvalue weighted by atomic mass is 9.96. The van der Waals surface area contributed by atoms with Crippen molar-refractivity contribution in [2.75, 3.05) is 37.6 Å². The van der Waals surface area contributed by atoms with E-state index in [4.69, 9.17) is 28.9 Å². The summed E-state index contributed by atoms with van der Waals surface area (Å²) < 4.78 is 44.6. The van der Waals surface area contributed by atoms with Crippen LogP contribution in [0.3, 0.4) is 0 Å². The van der Waals surface area contributed by atoms with E-state index in [-0.39, 0.29) is 36.9 Å². The lowest BCUT2D eigenvalue weighted by Gasteiger charge is -2.43. The molecule has 1 saturated heterocycles. The highest BCUT2D eigenvalue weighted by atomic mass is 35.5. The average Bonchev–Trinajstić information content (AvgIpc) is 3.53. The fourth-order valence-electron chi connectivity index (χ4n) is 6.12. The van der Waals surface area contributed by atoms with Gasteiger partial charge in [-0.3, -0.25) is 9.69 Å². The summed E-state index contributed by atoms with van der Waals surface area (Å²) >= 11 is 12.2. The van der Waals surface area contributed by atoms with E-state index in [2.05, 4.69) is 20.2 Å². The van der Waals surface area contributed by atoms with Gasteiger partial charge in [-0.15, -0.1) is 12.4 Å². The number of pyridine rings is 1. The summed E-state index contributed by atoms with van der Waals surface area (Å²) in [5, 5.41) is 4.73. The van der Waals surface area contributed by atoms with Crippen LogP contribution in [0.1, 0.15) is 23.0 Å². The number of nitrogens with one attached hydrogen (secondary N) is 2. The monoisotopic (exact) mass is 657 g/mol.